The second kappa shape index (κ2) is 8.90. The average molecular weight is 326 g/mol. The van der Waals surface area contributed by atoms with Crippen LogP contribution in [0.2, 0.25) is 0 Å². The summed E-state index contributed by atoms with van der Waals surface area (Å²) < 4.78 is 22.7. The van der Waals surface area contributed by atoms with Gasteiger partial charge in [-0.05, 0) is 31.0 Å². The van der Waals surface area contributed by atoms with Crippen LogP contribution in [0.25, 0.3) is 0 Å². The van der Waals surface area contributed by atoms with Crippen molar-refractivity contribution in [1.82, 2.24) is 5.32 Å². The van der Waals surface area contributed by atoms with Gasteiger partial charge in [0.25, 0.3) is 0 Å². The van der Waals surface area contributed by atoms with E-state index in [0.717, 1.165) is 24.8 Å². The SMILES string of the molecule is CCCCCCCC(=O)NC(C)c1cccc(S(N)(=O)=O)c1. The van der Waals surface area contributed by atoms with Gasteiger partial charge in [0.15, 0.2) is 0 Å². The lowest BCUT2D eigenvalue weighted by Crippen LogP contribution is -2.26. The van der Waals surface area contributed by atoms with Gasteiger partial charge in [-0.2, -0.15) is 0 Å². The van der Waals surface area contributed by atoms with Crippen LogP contribution >= 0.6 is 0 Å². The van der Waals surface area contributed by atoms with Crippen LogP contribution in [0.1, 0.15) is 64.0 Å². The van der Waals surface area contributed by atoms with Crippen LogP contribution in [-0.2, 0) is 14.8 Å². The fraction of sp³-hybridized carbons (Fsp3) is 0.562. The predicted molar refractivity (Wildman–Crippen MR) is 87.7 cm³/mol. The first-order chi connectivity index (χ1) is 10.3. The van der Waals surface area contributed by atoms with Crippen LogP contribution in [0.3, 0.4) is 0 Å². The molecule has 1 atom stereocenters. The number of unbranched alkanes of at least 4 members (excludes halogenated alkanes) is 4. The molecule has 1 aromatic carbocycles. The third-order valence-electron chi connectivity index (χ3n) is 3.57. The Morgan fingerprint density at radius 2 is 1.91 bits per heavy atom. The smallest absolute Gasteiger partial charge is 0.238 e. The van der Waals surface area contributed by atoms with Gasteiger partial charge in [-0.3, -0.25) is 4.79 Å². The normalized spacial score (nSPS) is 12.9. The van der Waals surface area contributed by atoms with Crippen molar-refractivity contribution < 1.29 is 13.2 Å². The highest BCUT2D eigenvalue weighted by molar-refractivity contribution is 7.89. The monoisotopic (exact) mass is 326 g/mol. The number of nitrogens with two attached hydrogens (primary N) is 1. The zero-order valence-corrected chi connectivity index (χ0v) is 14.2. The zero-order chi connectivity index (χ0) is 16.6. The van der Waals surface area contributed by atoms with Gasteiger partial charge in [0, 0.05) is 6.42 Å². The molecule has 5 nitrogen and oxygen atoms in total. The first kappa shape index (κ1) is 18.6. The number of hydrogen-bond donors (Lipinski definition) is 2. The molecule has 0 aliphatic heterocycles. The van der Waals surface area contributed by atoms with Gasteiger partial charge in [-0.15, -0.1) is 0 Å². The second-order valence-electron chi connectivity index (χ2n) is 5.57. The fourth-order valence-electron chi connectivity index (χ4n) is 2.25. The van der Waals surface area contributed by atoms with Crippen LogP contribution in [0, 0.1) is 0 Å². The summed E-state index contributed by atoms with van der Waals surface area (Å²) in [5.74, 6) is -0.00925. The van der Waals surface area contributed by atoms with Crippen molar-refractivity contribution in [3.05, 3.63) is 29.8 Å². The fourth-order valence-corrected chi connectivity index (χ4v) is 2.82. The minimum atomic E-state index is -3.72. The summed E-state index contributed by atoms with van der Waals surface area (Å²) in [6, 6.07) is 6.11. The number of sulfonamides is 1. The number of amides is 1. The highest BCUT2D eigenvalue weighted by Gasteiger charge is 2.13. The molecule has 3 N–H and O–H groups in total. The van der Waals surface area contributed by atoms with Crippen LogP contribution in [0.5, 0.6) is 0 Å². The van der Waals surface area contributed by atoms with E-state index in [1.807, 2.05) is 6.92 Å². The maximum absolute atomic E-state index is 11.9. The van der Waals surface area contributed by atoms with Gasteiger partial charge in [0.1, 0.15) is 0 Å². The molecule has 22 heavy (non-hydrogen) atoms. The number of carbonyl (C=O) groups is 1. The molecular formula is C16H26N2O3S. The summed E-state index contributed by atoms with van der Waals surface area (Å²) in [7, 11) is -3.72. The molecule has 124 valence electrons. The summed E-state index contributed by atoms with van der Waals surface area (Å²) in [4.78, 5) is 11.9. The van der Waals surface area contributed by atoms with E-state index in [4.69, 9.17) is 5.14 Å². The number of primary sulfonamides is 1. The van der Waals surface area contributed by atoms with Crippen LogP contribution in [0.4, 0.5) is 0 Å². The average Bonchev–Trinajstić information content (AvgIpc) is 2.46. The molecule has 0 heterocycles. The maximum atomic E-state index is 11.9. The molecule has 0 saturated carbocycles. The van der Waals surface area contributed by atoms with Crippen molar-refractivity contribution >= 4 is 15.9 Å². The quantitative estimate of drug-likeness (QED) is 0.684. The third kappa shape index (κ3) is 6.58. The van der Waals surface area contributed by atoms with Gasteiger partial charge >= 0.3 is 0 Å². The summed E-state index contributed by atoms with van der Waals surface area (Å²) in [6.45, 7) is 3.99. The molecule has 0 spiro atoms. The number of hydrogen-bond acceptors (Lipinski definition) is 3. The van der Waals surface area contributed by atoms with Gasteiger partial charge < -0.3 is 5.32 Å². The summed E-state index contributed by atoms with van der Waals surface area (Å²) in [6.07, 6.45) is 6.01. The van der Waals surface area contributed by atoms with E-state index in [1.54, 1.807) is 12.1 Å². The van der Waals surface area contributed by atoms with Crippen molar-refractivity contribution in [1.29, 1.82) is 0 Å². The highest BCUT2D eigenvalue weighted by atomic mass is 32.2. The van der Waals surface area contributed by atoms with Gasteiger partial charge in [-0.1, -0.05) is 44.7 Å². The van der Waals surface area contributed by atoms with E-state index in [-0.39, 0.29) is 16.8 Å². The molecule has 1 aromatic rings. The first-order valence-electron chi connectivity index (χ1n) is 7.76. The Morgan fingerprint density at radius 1 is 1.23 bits per heavy atom. The van der Waals surface area contributed by atoms with Crippen LogP contribution in [0.15, 0.2) is 29.2 Å². The number of benzene rings is 1. The number of rotatable bonds is 9. The Bertz CT molecular complexity index is 585. The topological polar surface area (TPSA) is 89.3 Å². The van der Waals surface area contributed by atoms with Gasteiger partial charge in [0.2, 0.25) is 15.9 Å². The van der Waals surface area contributed by atoms with E-state index < -0.39 is 10.0 Å². The minimum absolute atomic E-state index is 0.00925. The van der Waals surface area contributed by atoms with E-state index in [2.05, 4.69) is 12.2 Å². The second-order valence-corrected chi connectivity index (χ2v) is 7.13. The molecule has 0 fully saturated rings. The summed E-state index contributed by atoms with van der Waals surface area (Å²) in [5, 5.41) is 8.01. The van der Waals surface area contributed by atoms with Gasteiger partial charge in [-0.25, -0.2) is 13.6 Å². The molecule has 0 radical (unpaired) electrons. The predicted octanol–water partition coefficient (Wildman–Crippen LogP) is 2.87. The largest absolute Gasteiger partial charge is 0.350 e. The van der Waals surface area contributed by atoms with E-state index in [1.165, 1.54) is 25.0 Å². The lowest BCUT2D eigenvalue weighted by molar-refractivity contribution is -0.121. The molecule has 6 heteroatoms. The molecule has 1 rings (SSSR count). The Kier molecular flexibility index (Phi) is 7.55. The van der Waals surface area contributed by atoms with Crippen molar-refractivity contribution in [3.63, 3.8) is 0 Å². The minimum Gasteiger partial charge on any atom is -0.350 e. The Morgan fingerprint density at radius 3 is 2.55 bits per heavy atom. The Balaban J connectivity index is 2.51. The van der Waals surface area contributed by atoms with Crippen LogP contribution in [-0.4, -0.2) is 14.3 Å². The van der Waals surface area contributed by atoms with Crippen LogP contribution < -0.4 is 10.5 Å². The molecule has 1 amide bonds. The molecule has 0 bridgehead atoms. The molecular weight excluding hydrogens is 300 g/mol. The van der Waals surface area contributed by atoms with E-state index >= 15 is 0 Å². The van der Waals surface area contributed by atoms with E-state index in [0.29, 0.717) is 6.42 Å². The number of carbonyl (C=O) groups excluding carboxylic acids is 1. The van der Waals surface area contributed by atoms with Gasteiger partial charge in [0.05, 0.1) is 10.9 Å². The molecule has 1 unspecified atom stereocenters. The third-order valence-corrected chi connectivity index (χ3v) is 4.48. The van der Waals surface area contributed by atoms with Crippen molar-refractivity contribution in [2.75, 3.05) is 0 Å². The Labute approximate surface area is 133 Å². The molecule has 0 aliphatic carbocycles. The summed E-state index contributed by atoms with van der Waals surface area (Å²) in [5.41, 5.74) is 0.728. The van der Waals surface area contributed by atoms with Crippen molar-refractivity contribution in [2.24, 2.45) is 5.14 Å². The van der Waals surface area contributed by atoms with Crippen molar-refractivity contribution in [3.8, 4) is 0 Å². The van der Waals surface area contributed by atoms with E-state index in [9.17, 15) is 13.2 Å². The first-order valence-corrected chi connectivity index (χ1v) is 9.31. The molecule has 0 saturated heterocycles. The lowest BCUT2D eigenvalue weighted by atomic mass is 10.1. The summed E-state index contributed by atoms with van der Waals surface area (Å²) >= 11 is 0. The maximum Gasteiger partial charge on any atom is 0.238 e. The highest BCUT2D eigenvalue weighted by Crippen LogP contribution is 2.17. The molecule has 0 aromatic heterocycles. The van der Waals surface area contributed by atoms with Crippen molar-refractivity contribution in [2.45, 2.75) is 63.3 Å². The lowest BCUT2D eigenvalue weighted by Gasteiger charge is -2.15. The number of nitrogens with one attached hydrogen (secondary N) is 1. The standard InChI is InChI=1S/C16H26N2O3S/c1-3-4-5-6-7-11-16(19)18-13(2)14-9-8-10-15(12-14)22(17,20)21/h8-10,12-13H,3-7,11H2,1-2H3,(H,18,19)(H2,17,20,21). The molecule has 0 aliphatic rings. The zero-order valence-electron chi connectivity index (χ0n) is 13.3. The Hall–Kier alpha value is -1.40.